The molecule has 2 aromatic rings. The Kier molecular flexibility index (Phi) is 3.05. The highest BCUT2D eigenvalue weighted by atomic mass is 32.2. The summed E-state index contributed by atoms with van der Waals surface area (Å²) in [4.78, 5) is 0. The van der Waals surface area contributed by atoms with E-state index in [9.17, 15) is 0 Å². The Bertz CT molecular complexity index is 514. The van der Waals surface area contributed by atoms with E-state index in [2.05, 4.69) is 51.6 Å². The van der Waals surface area contributed by atoms with Crippen molar-refractivity contribution in [3.8, 4) is 0 Å². The molecule has 3 heterocycles. The molecule has 1 aliphatic heterocycles. The molecule has 0 aliphatic carbocycles. The molecule has 1 saturated heterocycles. The number of rotatable bonds is 2. The first-order valence-electron chi connectivity index (χ1n) is 6.21. The number of nitrogens with zero attached hydrogens (tertiary/aromatic N) is 3. The molecule has 3 nitrogen and oxygen atoms in total. The maximum absolute atomic E-state index is 4.34. The lowest BCUT2D eigenvalue weighted by Crippen LogP contribution is -2.13. The van der Waals surface area contributed by atoms with Gasteiger partial charge in [0.15, 0.2) is 5.65 Å². The topological polar surface area (TPSA) is 30.2 Å². The van der Waals surface area contributed by atoms with Crippen molar-refractivity contribution in [2.45, 2.75) is 26.2 Å². The summed E-state index contributed by atoms with van der Waals surface area (Å²) in [5, 5.41) is 8.59. The summed E-state index contributed by atoms with van der Waals surface area (Å²) in [6.45, 7) is 2.09. The van der Waals surface area contributed by atoms with Gasteiger partial charge in [0.1, 0.15) is 5.82 Å². The third-order valence-electron chi connectivity index (χ3n) is 3.45. The zero-order chi connectivity index (χ0) is 11.7. The lowest BCUT2D eigenvalue weighted by atomic mass is 9.98. The standard InChI is InChI=1S/C13H17N3S/c1-10-2-5-16-12(8-10)14-15-13(16)9-11-3-6-17-7-4-11/h2,5,8,11H,3-4,6-7,9H2,1H3. The van der Waals surface area contributed by atoms with Crippen molar-refractivity contribution < 1.29 is 0 Å². The van der Waals surface area contributed by atoms with Crippen LogP contribution in [-0.4, -0.2) is 26.1 Å². The first kappa shape index (κ1) is 11.1. The molecular weight excluding hydrogens is 230 g/mol. The Morgan fingerprint density at radius 1 is 1.35 bits per heavy atom. The summed E-state index contributed by atoms with van der Waals surface area (Å²) in [6, 6.07) is 4.21. The predicted molar refractivity (Wildman–Crippen MR) is 71.5 cm³/mol. The molecule has 1 fully saturated rings. The van der Waals surface area contributed by atoms with E-state index in [-0.39, 0.29) is 0 Å². The molecule has 0 atom stereocenters. The van der Waals surface area contributed by atoms with Crippen LogP contribution in [0.15, 0.2) is 18.3 Å². The molecule has 0 amide bonds. The molecule has 0 aromatic carbocycles. The van der Waals surface area contributed by atoms with Gasteiger partial charge in [-0.1, -0.05) is 0 Å². The third kappa shape index (κ3) is 2.32. The van der Waals surface area contributed by atoms with E-state index in [1.54, 1.807) is 0 Å². The number of fused-ring (bicyclic) bond motifs is 1. The van der Waals surface area contributed by atoms with Crippen LogP contribution in [-0.2, 0) is 6.42 Å². The number of thioether (sulfide) groups is 1. The van der Waals surface area contributed by atoms with Crippen LogP contribution in [0.4, 0.5) is 0 Å². The van der Waals surface area contributed by atoms with Gasteiger partial charge < -0.3 is 0 Å². The molecule has 90 valence electrons. The Labute approximate surface area is 106 Å². The number of hydrogen-bond donors (Lipinski definition) is 0. The van der Waals surface area contributed by atoms with E-state index in [0.29, 0.717) is 0 Å². The van der Waals surface area contributed by atoms with Crippen LogP contribution < -0.4 is 0 Å². The Balaban J connectivity index is 1.84. The first-order chi connectivity index (χ1) is 8.33. The predicted octanol–water partition coefficient (Wildman–Crippen LogP) is 2.72. The molecule has 0 radical (unpaired) electrons. The molecule has 0 bridgehead atoms. The van der Waals surface area contributed by atoms with Gasteiger partial charge in [0.2, 0.25) is 0 Å². The fourth-order valence-electron chi connectivity index (χ4n) is 2.39. The van der Waals surface area contributed by atoms with Crippen LogP contribution in [0.2, 0.25) is 0 Å². The van der Waals surface area contributed by atoms with Crippen LogP contribution in [0.5, 0.6) is 0 Å². The lowest BCUT2D eigenvalue weighted by Gasteiger charge is -2.20. The minimum absolute atomic E-state index is 0.796. The molecular formula is C13H17N3S. The van der Waals surface area contributed by atoms with Gasteiger partial charge in [0, 0.05) is 12.6 Å². The zero-order valence-electron chi connectivity index (χ0n) is 10.1. The molecule has 3 rings (SSSR count). The Hall–Kier alpha value is -1.03. The van der Waals surface area contributed by atoms with Crippen molar-refractivity contribution in [2.24, 2.45) is 5.92 Å². The number of aryl methyl sites for hydroxylation is 1. The second kappa shape index (κ2) is 4.69. The molecule has 0 N–H and O–H groups in total. The van der Waals surface area contributed by atoms with Crippen molar-refractivity contribution in [1.29, 1.82) is 0 Å². The fourth-order valence-corrected chi connectivity index (χ4v) is 3.59. The molecule has 17 heavy (non-hydrogen) atoms. The summed E-state index contributed by atoms with van der Waals surface area (Å²) in [5.74, 6) is 4.53. The largest absolute Gasteiger partial charge is 0.286 e. The van der Waals surface area contributed by atoms with Gasteiger partial charge >= 0.3 is 0 Å². The quantitative estimate of drug-likeness (QED) is 0.817. The SMILES string of the molecule is Cc1ccn2c(CC3CCSCC3)nnc2c1. The highest BCUT2D eigenvalue weighted by Gasteiger charge is 2.17. The van der Waals surface area contributed by atoms with Gasteiger partial charge in [-0.3, -0.25) is 4.40 Å². The molecule has 2 aromatic heterocycles. The monoisotopic (exact) mass is 247 g/mol. The van der Waals surface area contributed by atoms with Crippen LogP contribution >= 0.6 is 11.8 Å². The third-order valence-corrected chi connectivity index (χ3v) is 4.50. The summed E-state index contributed by atoms with van der Waals surface area (Å²) in [7, 11) is 0. The second-order valence-corrected chi connectivity index (χ2v) is 6.03. The highest BCUT2D eigenvalue weighted by molar-refractivity contribution is 7.99. The first-order valence-corrected chi connectivity index (χ1v) is 7.36. The van der Waals surface area contributed by atoms with E-state index >= 15 is 0 Å². The van der Waals surface area contributed by atoms with Crippen LogP contribution in [0.25, 0.3) is 5.65 Å². The average Bonchev–Trinajstić information content (AvgIpc) is 2.73. The molecule has 0 saturated carbocycles. The molecule has 0 spiro atoms. The van der Waals surface area contributed by atoms with Gasteiger partial charge in [-0.2, -0.15) is 11.8 Å². The second-order valence-electron chi connectivity index (χ2n) is 4.81. The van der Waals surface area contributed by atoms with Gasteiger partial charge in [-0.15, -0.1) is 10.2 Å². The Morgan fingerprint density at radius 2 is 2.18 bits per heavy atom. The minimum atomic E-state index is 0.796. The lowest BCUT2D eigenvalue weighted by molar-refractivity contribution is 0.474. The summed E-state index contributed by atoms with van der Waals surface area (Å²) < 4.78 is 2.13. The smallest absolute Gasteiger partial charge is 0.161 e. The summed E-state index contributed by atoms with van der Waals surface area (Å²) in [6.07, 6.45) is 5.82. The van der Waals surface area contributed by atoms with Gasteiger partial charge in [0.05, 0.1) is 0 Å². The van der Waals surface area contributed by atoms with Crippen molar-refractivity contribution in [2.75, 3.05) is 11.5 Å². The average molecular weight is 247 g/mol. The normalized spacial score (nSPS) is 17.7. The van der Waals surface area contributed by atoms with Crippen molar-refractivity contribution in [1.82, 2.24) is 14.6 Å². The maximum atomic E-state index is 4.34. The van der Waals surface area contributed by atoms with Crippen molar-refractivity contribution in [3.05, 3.63) is 29.7 Å². The van der Waals surface area contributed by atoms with Gasteiger partial charge in [-0.05, 0) is 54.9 Å². The van der Waals surface area contributed by atoms with E-state index in [1.165, 1.54) is 29.9 Å². The van der Waals surface area contributed by atoms with Crippen LogP contribution in [0.1, 0.15) is 24.2 Å². The van der Waals surface area contributed by atoms with Crippen molar-refractivity contribution >= 4 is 17.4 Å². The van der Waals surface area contributed by atoms with Crippen LogP contribution in [0.3, 0.4) is 0 Å². The summed E-state index contributed by atoms with van der Waals surface area (Å²) in [5.41, 5.74) is 2.22. The Morgan fingerprint density at radius 3 is 3.00 bits per heavy atom. The molecule has 0 unspecified atom stereocenters. The van der Waals surface area contributed by atoms with E-state index in [0.717, 1.165) is 23.8 Å². The number of aromatic nitrogens is 3. The van der Waals surface area contributed by atoms with Gasteiger partial charge in [0.25, 0.3) is 0 Å². The van der Waals surface area contributed by atoms with Crippen molar-refractivity contribution in [3.63, 3.8) is 0 Å². The van der Waals surface area contributed by atoms with E-state index in [1.807, 2.05) is 0 Å². The zero-order valence-corrected chi connectivity index (χ0v) is 10.9. The summed E-state index contributed by atoms with van der Waals surface area (Å²) >= 11 is 2.07. The number of hydrogen-bond acceptors (Lipinski definition) is 3. The van der Waals surface area contributed by atoms with E-state index < -0.39 is 0 Å². The molecule has 4 heteroatoms. The van der Waals surface area contributed by atoms with E-state index in [4.69, 9.17) is 0 Å². The van der Waals surface area contributed by atoms with Gasteiger partial charge in [-0.25, -0.2) is 0 Å². The highest BCUT2D eigenvalue weighted by Crippen LogP contribution is 2.25. The molecule has 1 aliphatic rings. The number of pyridine rings is 1. The fraction of sp³-hybridized carbons (Fsp3) is 0.538. The minimum Gasteiger partial charge on any atom is -0.286 e. The van der Waals surface area contributed by atoms with Crippen LogP contribution in [0, 0.1) is 12.8 Å². The maximum Gasteiger partial charge on any atom is 0.161 e.